The molecule has 1 fully saturated rings. The van der Waals surface area contributed by atoms with Gasteiger partial charge in [-0.25, -0.2) is 9.18 Å². The fourth-order valence-corrected chi connectivity index (χ4v) is 2.34. The Bertz CT molecular complexity index is 522. The van der Waals surface area contributed by atoms with E-state index in [1.54, 1.807) is 0 Å². The van der Waals surface area contributed by atoms with Gasteiger partial charge in [0.25, 0.3) is 5.91 Å². The lowest BCUT2D eigenvalue weighted by atomic mass is 10.1. The molecule has 0 aliphatic carbocycles. The van der Waals surface area contributed by atoms with Crippen LogP contribution in [0.4, 0.5) is 4.39 Å². The normalized spacial score (nSPS) is 19.3. The van der Waals surface area contributed by atoms with E-state index in [2.05, 4.69) is 15.9 Å². The van der Waals surface area contributed by atoms with Gasteiger partial charge in [0.05, 0.1) is 18.7 Å². The molecule has 1 aromatic rings. The van der Waals surface area contributed by atoms with Crippen LogP contribution in [0.5, 0.6) is 0 Å². The van der Waals surface area contributed by atoms with E-state index >= 15 is 0 Å². The van der Waals surface area contributed by atoms with Crippen molar-refractivity contribution in [1.82, 2.24) is 4.90 Å². The molecule has 1 aromatic carbocycles. The number of benzene rings is 1. The molecule has 0 radical (unpaired) electrons. The van der Waals surface area contributed by atoms with E-state index in [0.717, 1.165) is 0 Å². The molecule has 0 aromatic heterocycles. The Hall–Kier alpha value is -1.47. The largest absolute Gasteiger partial charge is 0.479 e. The van der Waals surface area contributed by atoms with Crippen molar-refractivity contribution in [3.63, 3.8) is 0 Å². The monoisotopic (exact) mass is 331 g/mol. The first kappa shape index (κ1) is 14.0. The molecular formula is C12H11BrFNO4. The molecule has 102 valence electrons. The third-order valence-corrected chi connectivity index (χ3v) is 3.45. The predicted octanol–water partition coefficient (Wildman–Crippen LogP) is 1.51. The first-order valence-corrected chi connectivity index (χ1v) is 6.37. The van der Waals surface area contributed by atoms with Crippen LogP contribution in [0.15, 0.2) is 22.7 Å². The van der Waals surface area contributed by atoms with Gasteiger partial charge in [-0.2, -0.15) is 0 Å². The number of hydrogen-bond acceptors (Lipinski definition) is 3. The standard InChI is InChI=1S/C12H11BrFNO4/c13-9-5-7(14)1-2-8(9)11(16)15-3-4-19-10(6-15)12(17)18/h1-2,5,10H,3-4,6H2,(H,17,18). The molecule has 1 N–H and O–H groups in total. The van der Waals surface area contributed by atoms with Crippen molar-refractivity contribution < 1.29 is 23.8 Å². The van der Waals surface area contributed by atoms with Gasteiger partial charge in [0, 0.05) is 11.0 Å². The number of rotatable bonds is 2. The van der Waals surface area contributed by atoms with Crippen LogP contribution in [0.25, 0.3) is 0 Å². The molecule has 1 saturated heterocycles. The Kier molecular flexibility index (Phi) is 4.16. The number of amides is 1. The lowest BCUT2D eigenvalue weighted by Gasteiger charge is -2.31. The number of halogens is 2. The number of carboxylic acid groups (broad SMARTS) is 1. The topological polar surface area (TPSA) is 66.8 Å². The second-order valence-electron chi connectivity index (χ2n) is 4.07. The number of morpholine rings is 1. The summed E-state index contributed by atoms with van der Waals surface area (Å²) in [7, 11) is 0. The number of nitrogens with zero attached hydrogens (tertiary/aromatic N) is 1. The van der Waals surface area contributed by atoms with Gasteiger partial charge in [0.15, 0.2) is 6.10 Å². The Labute approximate surface area is 117 Å². The first-order chi connectivity index (χ1) is 8.99. The van der Waals surface area contributed by atoms with E-state index in [4.69, 9.17) is 9.84 Å². The summed E-state index contributed by atoms with van der Waals surface area (Å²) in [5.74, 6) is -1.90. The SMILES string of the molecule is O=C(O)C1CN(C(=O)c2ccc(F)cc2Br)CCO1. The lowest BCUT2D eigenvalue weighted by Crippen LogP contribution is -2.48. The van der Waals surface area contributed by atoms with Gasteiger partial charge >= 0.3 is 5.97 Å². The minimum absolute atomic E-state index is 0.0159. The number of carbonyl (C=O) groups excluding carboxylic acids is 1. The minimum atomic E-state index is -1.10. The van der Waals surface area contributed by atoms with Crippen LogP contribution < -0.4 is 0 Å². The Morgan fingerprint density at radius 3 is 2.84 bits per heavy atom. The molecule has 1 aliphatic rings. The molecular weight excluding hydrogens is 321 g/mol. The second kappa shape index (κ2) is 5.66. The summed E-state index contributed by atoms with van der Waals surface area (Å²) in [6.07, 6.45) is -1.02. The molecule has 7 heteroatoms. The Morgan fingerprint density at radius 1 is 1.47 bits per heavy atom. The van der Waals surface area contributed by atoms with Gasteiger partial charge < -0.3 is 14.7 Å². The van der Waals surface area contributed by atoms with Crippen molar-refractivity contribution in [2.45, 2.75) is 6.10 Å². The summed E-state index contributed by atoms with van der Waals surface area (Å²) in [5.41, 5.74) is 0.299. The van der Waals surface area contributed by atoms with Crippen molar-refractivity contribution in [3.05, 3.63) is 34.1 Å². The zero-order valence-electron chi connectivity index (χ0n) is 9.81. The van der Waals surface area contributed by atoms with Crippen LogP contribution in [0.3, 0.4) is 0 Å². The van der Waals surface area contributed by atoms with Gasteiger partial charge in [0.1, 0.15) is 5.82 Å². The van der Waals surface area contributed by atoms with Gasteiger partial charge in [-0.15, -0.1) is 0 Å². The van der Waals surface area contributed by atoms with E-state index in [0.29, 0.717) is 16.6 Å². The zero-order chi connectivity index (χ0) is 14.0. The average Bonchev–Trinajstić information content (AvgIpc) is 2.38. The predicted molar refractivity (Wildman–Crippen MR) is 67.4 cm³/mol. The smallest absolute Gasteiger partial charge is 0.334 e. The molecule has 1 atom stereocenters. The van der Waals surface area contributed by atoms with Crippen molar-refractivity contribution >= 4 is 27.8 Å². The minimum Gasteiger partial charge on any atom is -0.479 e. The van der Waals surface area contributed by atoms with Crippen molar-refractivity contribution in [2.24, 2.45) is 0 Å². The van der Waals surface area contributed by atoms with E-state index in [9.17, 15) is 14.0 Å². The van der Waals surface area contributed by atoms with Crippen LogP contribution in [0.2, 0.25) is 0 Å². The summed E-state index contributed by atoms with van der Waals surface area (Å²) >= 11 is 3.12. The van der Waals surface area contributed by atoms with Crippen LogP contribution in [0.1, 0.15) is 10.4 Å². The maximum atomic E-state index is 13.0. The Balaban J connectivity index is 2.17. The lowest BCUT2D eigenvalue weighted by molar-refractivity contribution is -0.154. The maximum absolute atomic E-state index is 13.0. The average molecular weight is 332 g/mol. The first-order valence-electron chi connectivity index (χ1n) is 5.58. The van der Waals surface area contributed by atoms with E-state index in [1.165, 1.54) is 23.1 Å². The zero-order valence-corrected chi connectivity index (χ0v) is 11.4. The summed E-state index contributed by atoms with van der Waals surface area (Å²) in [4.78, 5) is 24.5. The van der Waals surface area contributed by atoms with E-state index in [-0.39, 0.29) is 19.1 Å². The molecule has 19 heavy (non-hydrogen) atoms. The van der Waals surface area contributed by atoms with Crippen molar-refractivity contribution in [1.29, 1.82) is 0 Å². The number of ether oxygens (including phenoxy) is 1. The van der Waals surface area contributed by atoms with Crippen LogP contribution in [0, 0.1) is 5.82 Å². The van der Waals surface area contributed by atoms with Gasteiger partial charge in [-0.3, -0.25) is 4.79 Å². The van der Waals surface area contributed by atoms with Crippen LogP contribution in [-0.4, -0.2) is 47.7 Å². The number of carboxylic acids is 1. The summed E-state index contributed by atoms with van der Waals surface area (Å²) < 4.78 is 18.4. The highest BCUT2D eigenvalue weighted by Gasteiger charge is 2.30. The fourth-order valence-electron chi connectivity index (χ4n) is 1.82. The summed E-state index contributed by atoms with van der Waals surface area (Å²) in [6.45, 7) is 0.464. The molecule has 0 spiro atoms. The highest BCUT2D eigenvalue weighted by atomic mass is 79.9. The third-order valence-electron chi connectivity index (χ3n) is 2.79. The van der Waals surface area contributed by atoms with Gasteiger partial charge in [0.2, 0.25) is 0 Å². The number of aliphatic carboxylic acids is 1. The van der Waals surface area contributed by atoms with Gasteiger partial charge in [-0.05, 0) is 34.1 Å². The fraction of sp³-hybridized carbons (Fsp3) is 0.333. The molecule has 2 rings (SSSR count). The van der Waals surface area contributed by atoms with Crippen molar-refractivity contribution in [3.8, 4) is 0 Å². The van der Waals surface area contributed by atoms with Crippen LogP contribution >= 0.6 is 15.9 Å². The molecule has 1 aliphatic heterocycles. The molecule has 0 bridgehead atoms. The number of hydrogen-bond donors (Lipinski definition) is 1. The van der Waals surface area contributed by atoms with Crippen LogP contribution in [-0.2, 0) is 9.53 Å². The second-order valence-corrected chi connectivity index (χ2v) is 4.93. The molecule has 0 saturated carbocycles. The third kappa shape index (κ3) is 3.10. The summed E-state index contributed by atoms with van der Waals surface area (Å²) in [6, 6.07) is 3.75. The number of carbonyl (C=O) groups is 2. The van der Waals surface area contributed by atoms with E-state index in [1.807, 2.05) is 0 Å². The highest BCUT2D eigenvalue weighted by molar-refractivity contribution is 9.10. The summed E-state index contributed by atoms with van der Waals surface area (Å²) in [5, 5.41) is 8.88. The Morgan fingerprint density at radius 2 is 2.21 bits per heavy atom. The van der Waals surface area contributed by atoms with Gasteiger partial charge in [-0.1, -0.05) is 0 Å². The quantitative estimate of drug-likeness (QED) is 0.892. The molecule has 1 unspecified atom stereocenters. The molecule has 1 amide bonds. The maximum Gasteiger partial charge on any atom is 0.334 e. The molecule has 5 nitrogen and oxygen atoms in total. The van der Waals surface area contributed by atoms with Crippen molar-refractivity contribution in [2.75, 3.05) is 19.7 Å². The highest BCUT2D eigenvalue weighted by Crippen LogP contribution is 2.21. The molecule has 1 heterocycles. The van der Waals surface area contributed by atoms with E-state index < -0.39 is 17.9 Å².